The number of nitrogens with one attached hydrogen (secondary N) is 1. The van der Waals surface area contributed by atoms with Gasteiger partial charge in [0.1, 0.15) is 0 Å². The highest BCUT2D eigenvalue weighted by molar-refractivity contribution is 5.92. The minimum Gasteiger partial charge on any atom is -0.377 e. The SMILES string of the molecule is CC[C@H](C(=O)N(Cc1cc(NC(=O)C(C)C)ccc1N(C)C)CC1CC1)c1ccccc1. The van der Waals surface area contributed by atoms with Crippen LogP contribution in [-0.4, -0.2) is 37.4 Å². The summed E-state index contributed by atoms with van der Waals surface area (Å²) in [6.45, 7) is 7.18. The van der Waals surface area contributed by atoms with Gasteiger partial charge in [-0.1, -0.05) is 51.1 Å². The van der Waals surface area contributed by atoms with Crippen LogP contribution < -0.4 is 10.2 Å². The van der Waals surface area contributed by atoms with Crippen molar-refractivity contribution in [3.05, 3.63) is 59.7 Å². The summed E-state index contributed by atoms with van der Waals surface area (Å²) < 4.78 is 0. The van der Waals surface area contributed by atoms with Gasteiger partial charge in [0.05, 0.1) is 5.92 Å². The van der Waals surface area contributed by atoms with Crippen LogP contribution in [0, 0.1) is 11.8 Å². The second kappa shape index (κ2) is 10.7. The lowest BCUT2D eigenvalue weighted by Gasteiger charge is -2.29. The number of amides is 2. The molecule has 5 nitrogen and oxygen atoms in total. The van der Waals surface area contributed by atoms with E-state index >= 15 is 0 Å². The minimum absolute atomic E-state index is 0.00501. The first-order chi connectivity index (χ1) is 15.3. The molecule has 3 rings (SSSR count). The molecule has 5 heteroatoms. The Balaban J connectivity index is 1.89. The fourth-order valence-electron chi connectivity index (χ4n) is 4.02. The van der Waals surface area contributed by atoms with Crippen LogP contribution in [0.2, 0.25) is 0 Å². The normalized spacial score (nSPS) is 14.2. The van der Waals surface area contributed by atoms with Gasteiger partial charge in [-0.05, 0) is 54.5 Å². The van der Waals surface area contributed by atoms with Crippen LogP contribution in [0.4, 0.5) is 11.4 Å². The third kappa shape index (κ3) is 6.12. The van der Waals surface area contributed by atoms with Crippen molar-refractivity contribution in [3.8, 4) is 0 Å². The van der Waals surface area contributed by atoms with Crippen molar-refractivity contribution in [1.29, 1.82) is 0 Å². The predicted octanol–water partition coefficient (Wildman–Crippen LogP) is 5.28. The third-order valence-electron chi connectivity index (χ3n) is 6.11. The van der Waals surface area contributed by atoms with Crippen LogP contribution in [-0.2, 0) is 16.1 Å². The second-order valence-electron chi connectivity index (χ2n) is 9.42. The molecular weight excluding hydrogens is 398 g/mol. The average Bonchev–Trinajstić information content (AvgIpc) is 3.58. The molecule has 0 saturated heterocycles. The lowest BCUT2D eigenvalue weighted by molar-refractivity contribution is -0.133. The Bertz CT molecular complexity index is 920. The van der Waals surface area contributed by atoms with Crippen LogP contribution in [0.3, 0.4) is 0 Å². The molecule has 0 aromatic heterocycles. The molecule has 2 amide bonds. The van der Waals surface area contributed by atoms with Crippen molar-refractivity contribution in [3.63, 3.8) is 0 Å². The zero-order valence-electron chi connectivity index (χ0n) is 20.1. The molecule has 1 saturated carbocycles. The Kier molecular flexibility index (Phi) is 7.94. The number of carbonyl (C=O) groups excluding carboxylic acids is 2. The number of rotatable bonds is 10. The molecule has 0 radical (unpaired) electrons. The first-order valence-corrected chi connectivity index (χ1v) is 11.7. The highest BCUT2D eigenvalue weighted by Gasteiger charge is 2.31. The summed E-state index contributed by atoms with van der Waals surface area (Å²) in [6.07, 6.45) is 3.16. The van der Waals surface area contributed by atoms with Crippen LogP contribution in [0.5, 0.6) is 0 Å². The lowest BCUT2D eigenvalue weighted by Crippen LogP contribution is -2.36. The first kappa shape index (κ1) is 23.8. The molecule has 1 N–H and O–H groups in total. The van der Waals surface area contributed by atoms with Gasteiger partial charge in [-0.15, -0.1) is 0 Å². The van der Waals surface area contributed by atoms with E-state index in [0.717, 1.165) is 35.5 Å². The Hall–Kier alpha value is -2.82. The summed E-state index contributed by atoms with van der Waals surface area (Å²) in [6, 6.07) is 16.1. The molecular formula is C27H37N3O2. The number of carbonyl (C=O) groups is 2. The number of hydrogen-bond donors (Lipinski definition) is 1. The van der Waals surface area contributed by atoms with Crippen molar-refractivity contribution >= 4 is 23.2 Å². The number of anilines is 2. The van der Waals surface area contributed by atoms with E-state index in [1.165, 1.54) is 12.8 Å². The zero-order valence-corrected chi connectivity index (χ0v) is 20.1. The molecule has 172 valence electrons. The molecule has 0 heterocycles. The maximum Gasteiger partial charge on any atom is 0.230 e. The standard InChI is InChI=1S/C27H37N3O2/c1-6-24(21-10-8-7-9-11-21)27(32)30(17-20-12-13-20)18-22-16-23(28-26(31)19(2)3)14-15-25(22)29(4)5/h7-11,14-16,19-20,24H,6,12-13,17-18H2,1-5H3,(H,28,31)/t24-/m0/s1. The molecule has 0 unspecified atom stereocenters. The van der Waals surface area contributed by atoms with Crippen molar-refractivity contribution in [2.45, 2.75) is 52.5 Å². The van der Waals surface area contributed by atoms with E-state index in [-0.39, 0.29) is 23.7 Å². The summed E-state index contributed by atoms with van der Waals surface area (Å²) in [5.41, 5.74) is 3.96. The maximum absolute atomic E-state index is 13.7. The molecule has 32 heavy (non-hydrogen) atoms. The second-order valence-corrected chi connectivity index (χ2v) is 9.42. The minimum atomic E-state index is -0.137. The maximum atomic E-state index is 13.7. The van der Waals surface area contributed by atoms with Gasteiger partial charge in [-0.3, -0.25) is 9.59 Å². The summed E-state index contributed by atoms with van der Waals surface area (Å²) in [5, 5.41) is 3.00. The van der Waals surface area contributed by atoms with Crippen molar-refractivity contribution in [2.24, 2.45) is 11.8 Å². The van der Waals surface area contributed by atoms with E-state index in [0.29, 0.717) is 12.5 Å². The Morgan fingerprint density at radius 1 is 1.06 bits per heavy atom. The summed E-state index contributed by atoms with van der Waals surface area (Å²) in [7, 11) is 4.02. The van der Waals surface area contributed by atoms with E-state index in [4.69, 9.17) is 0 Å². The molecule has 0 bridgehead atoms. The molecule has 1 aliphatic rings. The van der Waals surface area contributed by atoms with E-state index in [1.54, 1.807) is 0 Å². The van der Waals surface area contributed by atoms with Gasteiger partial charge in [-0.25, -0.2) is 0 Å². The lowest BCUT2D eigenvalue weighted by atomic mass is 9.94. The molecule has 1 aliphatic carbocycles. The molecule has 2 aromatic rings. The highest BCUT2D eigenvalue weighted by Crippen LogP contribution is 2.33. The van der Waals surface area contributed by atoms with E-state index < -0.39 is 0 Å². The van der Waals surface area contributed by atoms with Gasteiger partial charge < -0.3 is 15.1 Å². The molecule has 0 aliphatic heterocycles. The number of benzene rings is 2. The highest BCUT2D eigenvalue weighted by atomic mass is 16.2. The Labute approximate surface area is 192 Å². The average molecular weight is 436 g/mol. The van der Waals surface area contributed by atoms with Gasteiger partial charge >= 0.3 is 0 Å². The van der Waals surface area contributed by atoms with E-state index in [1.807, 2.05) is 69.2 Å². The topological polar surface area (TPSA) is 52.7 Å². The quantitative estimate of drug-likeness (QED) is 0.552. The Morgan fingerprint density at radius 2 is 1.75 bits per heavy atom. The molecule has 2 aromatic carbocycles. The van der Waals surface area contributed by atoms with Crippen molar-refractivity contribution in [1.82, 2.24) is 4.90 Å². The fraction of sp³-hybridized carbons (Fsp3) is 0.481. The molecule has 1 fully saturated rings. The summed E-state index contributed by atoms with van der Waals surface area (Å²) in [4.78, 5) is 30.0. The molecule has 0 spiro atoms. The number of nitrogens with zero attached hydrogens (tertiary/aromatic N) is 2. The monoisotopic (exact) mass is 435 g/mol. The predicted molar refractivity (Wildman–Crippen MR) is 132 cm³/mol. The zero-order chi connectivity index (χ0) is 23.3. The van der Waals surface area contributed by atoms with Crippen LogP contribution in [0.1, 0.15) is 57.1 Å². The summed E-state index contributed by atoms with van der Waals surface area (Å²) >= 11 is 0. The molecule has 1 atom stereocenters. The van der Waals surface area contributed by atoms with Gasteiger partial charge in [0.2, 0.25) is 11.8 Å². The van der Waals surface area contributed by atoms with Crippen LogP contribution in [0.25, 0.3) is 0 Å². The van der Waals surface area contributed by atoms with Crippen molar-refractivity contribution in [2.75, 3.05) is 30.9 Å². The largest absolute Gasteiger partial charge is 0.377 e. The van der Waals surface area contributed by atoms with Crippen LogP contribution in [0.15, 0.2) is 48.5 Å². The van der Waals surface area contributed by atoms with Gasteiger partial charge in [0.25, 0.3) is 0 Å². The van der Waals surface area contributed by atoms with Gasteiger partial charge in [0.15, 0.2) is 0 Å². The Morgan fingerprint density at radius 3 is 2.31 bits per heavy atom. The first-order valence-electron chi connectivity index (χ1n) is 11.7. The smallest absolute Gasteiger partial charge is 0.230 e. The van der Waals surface area contributed by atoms with E-state index in [9.17, 15) is 9.59 Å². The van der Waals surface area contributed by atoms with Gasteiger partial charge in [0, 0.05) is 44.5 Å². The summed E-state index contributed by atoms with van der Waals surface area (Å²) in [5.74, 6) is 0.554. The fourth-order valence-corrected chi connectivity index (χ4v) is 4.02. The van der Waals surface area contributed by atoms with Gasteiger partial charge in [-0.2, -0.15) is 0 Å². The van der Waals surface area contributed by atoms with Crippen molar-refractivity contribution < 1.29 is 9.59 Å². The van der Waals surface area contributed by atoms with Crippen LogP contribution >= 0.6 is 0 Å². The third-order valence-corrected chi connectivity index (χ3v) is 6.11. The number of hydrogen-bond acceptors (Lipinski definition) is 3. The van der Waals surface area contributed by atoms with E-state index in [2.05, 4.69) is 29.3 Å².